The summed E-state index contributed by atoms with van der Waals surface area (Å²) in [5, 5.41) is 9.88. The second-order valence-electron chi connectivity index (χ2n) is 3.43. The first kappa shape index (κ1) is 12.0. The number of hydrogen-bond acceptors (Lipinski definition) is 4. The van der Waals surface area contributed by atoms with Gasteiger partial charge in [0.25, 0.3) is 0 Å². The average Bonchev–Trinajstić information content (AvgIpc) is 2.90. The lowest BCUT2D eigenvalue weighted by Gasteiger charge is -2.12. The largest absolute Gasteiger partial charge is 0.494 e. The molecule has 1 N–H and O–H groups in total. The summed E-state index contributed by atoms with van der Waals surface area (Å²) in [4.78, 5) is 10.3. The van der Waals surface area contributed by atoms with Gasteiger partial charge in [-0.05, 0) is 12.1 Å². The van der Waals surface area contributed by atoms with E-state index in [4.69, 9.17) is 4.74 Å². The lowest BCUT2D eigenvalue weighted by Crippen LogP contribution is -2.15. The Kier molecular flexibility index (Phi) is 3.52. The molecule has 7 heteroatoms. The van der Waals surface area contributed by atoms with Crippen LogP contribution in [0.1, 0.15) is 5.56 Å². The molecule has 1 amide bonds. The minimum absolute atomic E-state index is 0.0434. The lowest BCUT2D eigenvalue weighted by molar-refractivity contribution is -0.109. The molecule has 0 saturated carbocycles. The van der Waals surface area contributed by atoms with Crippen molar-refractivity contribution in [3.05, 3.63) is 35.9 Å². The van der Waals surface area contributed by atoms with Gasteiger partial charge in [0.1, 0.15) is 0 Å². The summed E-state index contributed by atoms with van der Waals surface area (Å²) in [6, 6.07) is 3.15. The van der Waals surface area contributed by atoms with Crippen LogP contribution >= 0.6 is 0 Å². The van der Waals surface area contributed by atoms with Gasteiger partial charge in [0.2, 0.25) is 6.41 Å². The molecular formula is C11H11FN4O2. The number of aromatic nitrogens is 3. The highest BCUT2D eigenvalue weighted by atomic mass is 19.1. The van der Waals surface area contributed by atoms with E-state index in [1.165, 1.54) is 24.1 Å². The zero-order valence-corrected chi connectivity index (χ0v) is 9.63. The van der Waals surface area contributed by atoms with Crippen LogP contribution in [0, 0.1) is 5.82 Å². The van der Waals surface area contributed by atoms with Gasteiger partial charge in [-0.3, -0.25) is 4.79 Å². The van der Waals surface area contributed by atoms with Gasteiger partial charge in [-0.15, -0.1) is 5.10 Å². The zero-order valence-electron chi connectivity index (χ0n) is 9.63. The van der Waals surface area contributed by atoms with Crippen LogP contribution in [0.15, 0.2) is 24.5 Å². The molecule has 18 heavy (non-hydrogen) atoms. The van der Waals surface area contributed by atoms with Gasteiger partial charge in [-0.1, -0.05) is 5.21 Å². The van der Waals surface area contributed by atoms with E-state index in [2.05, 4.69) is 15.6 Å². The smallest absolute Gasteiger partial charge is 0.207 e. The van der Waals surface area contributed by atoms with Crippen LogP contribution in [0.2, 0.25) is 0 Å². The highest BCUT2D eigenvalue weighted by Crippen LogP contribution is 2.25. The number of ether oxygens (including phenoxy) is 1. The van der Waals surface area contributed by atoms with Crippen LogP contribution in [0.25, 0.3) is 5.69 Å². The molecule has 0 aliphatic heterocycles. The van der Waals surface area contributed by atoms with E-state index in [1.54, 1.807) is 12.3 Å². The fourth-order valence-electron chi connectivity index (χ4n) is 1.61. The van der Waals surface area contributed by atoms with Crippen molar-refractivity contribution in [3.8, 4) is 11.4 Å². The summed E-state index contributed by atoms with van der Waals surface area (Å²) in [5.41, 5.74) is 0.784. The van der Waals surface area contributed by atoms with E-state index < -0.39 is 5.82 Å². The molecule has 1 aromatic carbocycles. The molecule has 0 spiro atoms. The van der Waals surface area contributed by atoms with E-state index in [1.807, 2.05) is 0 Å². The van der Waals surface area contributed by atoms with Crippen LogP contribution in [0.5, 0.6) is 5.75 Å². The minimum Gasteiger partial charge on any atom is -0.494 e. The van der Waals surface area contributed by atoms with Crippen molar-refractivity contribution in [2.24, 2.45) is 0 Å². The average molecular weight is 250 g/mol. The summed E-state index contributed by atoms with van der Waals surface area (Å²) in [6.45, 7) is 0.0434. The van der Waals surface area contributed by atoms with Gasteiger partial charge in [0.15, 0.2) is 11.6 Å². The third kappa shape index (κ3) is 2.15. The number of methoxy groups -OCH3 is 1. The Hall–Kier alpha value is -2.44. The highest BCUT2D eigenvalue weighted by molar-refractivity contribution is 5.50. The van der Waals surface area contributed by atoms with Gasteiger partial charge < -0.3 is 10.1 Å². The Bertz CT molecular complexity index is 542. The summed E-state index contributed by atoms with van der Waals surface area (Å²) in [5.74, 6) is -0.415. The number of nitrogens with zero attached hydrogens (tertiary/aromatic N) is 3. The van der Waals surface area contributed by atoms with Crippen LogP contribution in [0.4, 0.5) is 4.39 Å². The SMILES string of the molecule is COc1ccc(-n2ccnn2)c(CNC=O)c1F. The van der Waals surface area contributed by atoms with Crippen LogP contribution in [0.3, 0.4) is 0 Å². The van der Waals surface area contributed by atoms with E-state index in [9.17, 15) is 9.18 Å². The first-order chi connectivity index (χ1) is 8.77. The molecule has 0 fully saturated rings. The Morgan fingerprint density at radius 2 is 2.39 bits per heavy atom. The molecule has 2 aromatic rings. The Morgan fingerprint density at radius 1 is 1.56 bits per heavy atom. The topological polar surface area (TPSA) is 69.0 Å². The fourth-order valence-corrected chi connectivity index (χ4v) is 1.61. The third-order valence-electron chi connectivity index (χ3n) is 2.43. The van der Waals surface area contributed by atoms with E-state index in [-0.39, 0.29) is 17.9 Å². The highest BCUT2D eigenvalue weighted by Gasteiger charge is 2.15. The number of amides is 1. The molecule has 1 aromatic heterocycles. The second kappa shape index (κ2) is 5.26. The van der Waals surface area contributed by atoms with Gasteiger partial charge >= 0.3 is 0 Å². The van der Waals surface area contributed by atoms with Crippen molar-refractivity contribution in [2.45, 2.75) is 6.54 Å². The van der Waals surface area contributed by atoms with Gasteiger partial charge in [0, 0.05) is 12.1 Å². The molecule has 0 unspecified atom stereocenters. The first-order valence-corrected chi connectivity index (χ1v) is 5.17. The predicted octanol–water partition coefficient (Wildman–Crippen LogP) is 0.661. The molecule has 2 rings (SSSR count). The molecule has 94 valence electrons. The maximum atomic E-state index is 14.1. The van der Waals surface area contributed by atoms with Gasteiger partial charge in [-0.25, -0.2) is 9.07 Å². The quantitative estimate of drug-likeness (QED) is 0.791. The summed E-state index contributed by atoms with van der Waals surface area (Å²) >= 11 is 0. The Labute approximate surface area is 102 Å². The molecular weight excluding hydrogens is 239 g/mol. The molecule has 0 aliphatic carbocycles. The molecule has 6 nitrogen and oxygen atoms in total. The standard InChI is InChI=1S/C11H11FN4O2/c1-18-10-3-2-9(16-5-4-14-15-16)8(11(10)12)6-13-7-17/h2-5,7H,6H2,1H3,(H,13,17). The van der Waals surface area contributed by atoms with Crippen LogP contribution < -0.4 is 10.1 Å². The summed E-state index contributed by atoms with van der Waals surface area (Å²) in [7, 11) is 1.38. The number of nitrogens with one attached hydrogen (secondary N) is 1. The number of rotatable bonds is 5. The van der Waals surface area contributed by atoms with Crippen molar-refractivity contribution in [1.82, 2.24) is 20.3 Å². The van der Waals surface area contributed by atoms with Gasteiger partial charge in [-0.2, -0.15) is 0 Å². The molecule has 1 heterocycles. The molecule has 0 bridgehead atoms. The Morgan fingerprint density at radius 3 is 3.00 bits per heavy atom. The second-order valence-corrected chi connectivity index (χ2v) is 3.43. The maximum Gasteiger partial charge on any atom is 0.207 e. The van der Waals surface area contributed by atoms with E-state index >= 15 is 0 Å². The van der Waals surface area contributed by atoms with Crippen molar-refractivity contribution >= 4 is 6.41 Å². The van der Waals surface area contributed by atoms with E-state index in [0.717, 1.165) is 0 Å². The number of carbonyl (C=O) groups excluding carboxylic acids is 1. The van der Waals surface area contributed by atoms with Crippen molar-refractivity contribution in [2.75, 3.05) is 7.11 Å². The lowest BCUT2D eigenvalue weighted by atomic mass is 10.1. The molecule has 0 radical (unpaired) electrons. The minimum atomic E-state index is -0.528. The number of carbonyl (C=O) groups is 1. The fraction of sp³-hybridized carbons (Fsp3) is 0.182. The van der Waals surface area contributed by atoms with Crippen molar-refractivity contribution < 1.29 is 13.9 Å². The van der Waals surface area contributed by atoms with Crippen LogP contribution in [-0.2, 0) is 11.3 Å². The molecule has 0 atom stereocenters. The van der Waals surface area contributed by atoms with E-state index in [0.29, 0.717) is 12.1 Å². The number of halogens is 1. The molecule has 0 saturated heterocycles. The first-order valence-electron chi connectivity index (χ1n) is 5.17. The molecule has 0 aliphatic rings. The summed E-state index contributed by atoms with van der Waals surface area (Å²) < 4.78 is 20.4. The normalized spacial score (nSPS) is 10.1. The maximum absolute atomic E-state index is 14.1. The Balaban J connectivity index is 2.51. The third-order valence-corrected chi connectivity index (χ3v) is 2.43. The number of hydrogen-bond donors (Lipinski definition) is 1. The predicted molar refractivity (Wildman–Crippen MR) is 60.8 cm³/mol. The van der Waals surface area contributed by atoms with Crippen LogP contribution in [-0.4, -0.2) is 28.5 Å². The monoisotopic (exact) mass is 250 g/mol. The van der Waals surface area contributed by atoms with Crippen molar-refractivity contribution in [1.29, 1.82) is 0 Å². The van der Waals surface area contributed by atoms with Gasteiger partial charge in [0.05, 0.1) is 25.2 Å². The van der Waals surface area contributed by atoms with Crippen molar-refractivity contribution in [3.63, 3.8) is 0 Å². The zero-order chi connectivity index (χ0) is 13.0. The number of benzene rings is 1. The summed E-state index contributed by atoms with van der Waals surface area (Å²) in [6.07, 6.45) is 3.58.